The van der Waals surface area contributed by atoms with Crippen molar-refractivity contribution >= 4 is 5.82 Å². The molecule has 0 radical (unpaired) electrons. The number of hydrogen-bond donors (Lipinski definition) is 1. The molecule has 0 aliphatic carbocycles. The predicted octanol–water partition coefficient (Wildman–Crippen LogP) is 4.98. The molecular weight excluding hydrogens is 433 g/mol. The van der Waals surface area contributed by atoms with E-state index in [0.29, 0.717) is 24.1 Å². The summed E-state index contributed by atoms with van der Waals surface area (Å²) in [5, 5.41) is 4.65. The topological polar surface area (TPSA) is 69.2 Å². The van der Waals surface area contributed by atoms with Gasteiger partial charge < -0.3 is 10.5 Å². The molecule has 2 aliphatic rings. The first-order valence-corrected chi connectivity index (χ1v) is 10.6. The lowest BCUT2D eigenvalue weighted by Crippen LogP contribution is -2.47. The maximum atomic E-state index is 13.0. The van der Waals surface area contributed by atoms with Gasteiger partial charge in [0.1, 0.15) is 0 Å². The maximum absolute atomic E-state index is 13.0. The first kappa shape index (κ1) is 22.8. The normalized spacial score (nSPS) is 24.0. The quantitative estimate of drug-likeness (QED) is 0.617. The largest absolute Gasteiger partial charge is 0.431 e. The van der Waals surface area contributed by atoms with Crippen LogP contribution in [-0.2, 0) is 0 Å². The van der Waals surface area contributed by atoms with E-state index in [0.717, 1.165) is 18.5 Å². The van der Waals surface area contributed by atoms with Crippen LogP contribution in [0, 0.1) is 0 Å². The number of aromatic nitrogens is 3. The van der Waals surface area contributed by atoms with Crippen molar-refractivity contribution in [1.82, 2.24) is 19.7 Å². The molecule has 32 heavy (non-hydrogen) atoms. The number of halogens is 5. The van der Waals surface area contributed by atoms with Gasteiger partial charge in [0.25, 0.3) is 0 Å². The Kier molecular flexibility index (Phi) is 6.04. The van der Waals surface area contributed by atoms with E-state index in [1.54, 1.807) is 4.90 Å². The van der Waals surface area contributed by atoms with Gasteiger partial charge in [0.2, 0.25) is 0 Å². The molecule has 2 aliphatic heterocycles. The highest BCUT2D eigenvalue weighted by atomic mass is 19.4. The van der Waals surface area contributed by atoms with Gasteiger partial charge in [-0.25, -0.2) is 4.98 Å². The lowest BCUT2D eigenvalue weighted by molar-refractivity contribution is -0.155. The number of alkyl halides is 5. The number of pyridine rings is 1. The summed E-state index contributed by atoms with van der Waals surface area (Å²) in [5.74, 6) is -0.304. The van der Waals surface area contributed by atoms with Crippen molar-refractivity contribution in [2.24, 2.45) is 0 Å². The minimum absolute atomic E-state index is 0.0168. The van der Waals surface area contributed by atoms with Crippen LogP contribution in [0.2, 0.25) is 0 Å². The summed E-state index contributed by atoms with van der Waals surface area (Å²) < 4.78 is 70.7. The van der Waals surface area contributed by atoms with Crippen molar-refractivity contribution in [2.75, 3.05) is 12.3 Å². The Morgan fingerprint density at radius 3 is 2.38 bits per heavy atom. The van der Waals surface area contributed by atoms with E-state index in [1.165, 1.54) is 12.3 Å². The Morgan fingerprint density at radius 1 is 1.16 bits per heavy atom. The molecule has 0 spiro atoms. The van der Waals surface area contributed by atoms with Crippen LogP contribution in [0.5, 0.6) is 5.75 Å². The average molecular weight is 459 g/mol. The molecule has 2 fully saturated rings. The second-order valence-electron chi connectivity index (χ2n) is 8.82. The second kappa shape index (κ2) is 8.49. The zero-order valence-corrected chi connectivity index (χ0v) is 17.8. The molecule has 0 amide bonds. The molecule has 2 aromatic rings. The molecule has 2 bridgehead atoms. The van der Waals surface area contributed by atoms with Gasteiger partial charge in [-0.15, -0.1) is 0 Å². The number of nitrogen functional groups attached to an aromatic ring is 1. The van der Waals surface area contributed by atoms with Gasteiger partial charge in [-0.2, -0.15) is 27.1 Å². The summed E-state index contributed by atoms with van der Waals surface area (Å²) in [7, 11) is 0. The fourth-order valence-corrected chi connectivity index (χ4v) is 5.03. The monoisotopic (exact) mass is 459 g/mol. The Hall–Kier alpha value is -2.43. The summed E-state index contributed by atoms with van der Waals surface area (Å²) in [6, 6.07) is 3.05. The summed E-state index contributed by atoms with van der Waals surface area (Å²) in [6.45, 7) is 0.0457. The highest BCUT2D eigenvalue weighted by Gasteiger charge is 2.46. The highest BCUT2D eigenvalue weighted by molar-refractivity contribution is 5.64. The Balaban J connectivity index is 1.62. The maximum Gasteiger partial charge on any atom is 0.401 e. The summed E-state index contributed by atoms with van der Waals surface area (Å²) in [6.07, 6.45) is 0.0152. The van der Waals surface area contributed by atoms with E-state index in [-0.39, 0.29) is 35.6 Å². The Morgan fingerprint density at radius 2 is 1.81 bits per heavy atom. The smallest absolute Gasteiger partial charge is 0.401 e. The molecule has 2 unspecified atom stereocenters. The van der Waals surface area contributed by atoms with Gasteiger partial charge in [-0.3, -0.25) is 9.58 Å². The molecule has 2 aromatic heterocycles. The fourth-order valence-electron chi connectivity index (χ4n) is 5.03. The standard InChI is InChI=1S/C21H26F5N5O/c1-11(2)31-17(12-5-14-3-4-15(6-12)30(14)10-21(24,25)26)8-16(29-31)13-7-18(32-20(22)23)19(27)28-9-13/h7-9,11-12,14-15,20H,3-6,10H2,1-2H3,(H2,27,28). The molecule has 2 atom stereocenters. The minimum atomic E-state index is -4.21. The molecule has 176 valence electrons. The summed E-state index contributed by atoms with van der Waals surface area (Å²) in [5.41, 5.74) is 7.58. The second-order valence-corrected chi connectivity index (χ2v) is 8.82. The number of fused-ring (bicyclic) bond motifs is 2. The van der Waals surface area contributed by atoms with E-state index in [1.807, 2.05) is 24.6 Å². The van der Waals surface area contributed by atoms with Crippen LogP contribution >= 0.6 is 0 Å². The first-order valence-electron chi connectivity index (χ1n) is 10.6. The van der Waals surface area contributed by atoms with Gasteiger partial charge >= 0.3 is 12.8 Å². The predicted molar refractivity (Wildman–Crippen MR) is 108 cm³/mol. The summed E-state index contributed by atoms with van der Waals surface area (Å²) in [4.78, 5) is 5.54. The number of piperidine rings is 1. The number of anilines is 1. The third-order valence-corrected chi connectivity index (χ3v) is 6.31. The van der Waals surface area contributed by atoms with Crippen LogP contribution < -0.4 is 10.5 Å². The molecular formula is C21H26F5N5O. The van der Waals surface area contributed by atoms with Gasteiger partial charge in [0.05, 0.1) is 12.2 Å². The molecule has 4 heterocycles. The molecule has 2 N–H and O–H groups in total. The zero-order valence-electron chi connectivity index (χ0n) is 17.8. The molecule has 0 aromatic carbocycles. The van der Waals surface area contributed by atoms with Gasteiger partial charge in [0.15, 0.2) is 11.6 Å². The number of hydrogen-bond acceptors (Lipinski definition) is 5. The van der Waals surface area contributed by atoms with Crippen LogP contribution in [0.3, 0.4) is 0 Å². The average Bonchev–Trinajstić information content (AvgIpc) is 3.20. The molecule has 0 saturated carbocycles. The van der Waals surface area contributed by atoms with Crippen molar-refractivity contribution in [1.29, 1.82) is 0 Å². The van der Waals surface area contributed by atoms with Gasteiger partial charge in [0, 0.05) is 41.5 Å². The van der Waals surface area contributed by atoms with Crippen LogP contribution in [0.1, 0.15) is 57.2 Å². The lowest BCUT2D eigenvalue weighted by atomic mass is 9.87. The first-order chi connectivity index (χ1) is 15.0. The van der Waals surface area contributed by atoms with Crippen molar-refractivity contribution in [2.45, 2.75) is 76.4 Å². The number of ether oxygens (including phenoxy) is 1. The van der Waals surface area contributed by atoms with Crippen molar-refractivity contribution in [3.8, 4) is 17.0 Å². The van der Waals surface area contributed by atoms with E-state index in [4.69, 9.17) is 5.73 Å². The molecule has 2 saturated heterocycles. The molecule has 4 rings (SSSR count). The van der Waals surface area contributed by atoms with Crippen LogP contribution in [0.15, 0.2) is 18.3 Å². The Bertz CT molecular complexity index is 947. The minimum Gasteiger partial charge on any atom is -0.431 e. The Labute approximate surface area is 182 Å². The number of rotatable bonds is 6. The SMILES string of the molecule is CC(C)n1nc(-c2cnc(N)c(OC(F)F)c2)cc1C1CC2CCC(C1)N2CC(F)(F)F. The summed E-state index contributed by atoms with van der Waals surface area (Å²) >= 11 is 0. The van der Waals surface area contributed by atoms with Crippen LogP contribution in [0.4, 0.5) is 27.8 Å². The van der Waals surface area contributed by atoms with E-state index >= 15 is 0 Å². The molecule has 11 heteroatoms. The number of nitrogens with zero attached hydrogens (tertiary/aromatic N) is 4. The van der Waals surface area contributed by atoms with Crippen LogP contribution in [-0.4, -0.2) is 51.1 Å². The van der Waals surface area contributed by atoms with Crippen LogP contribution in [0.25, 0.3) is 11.3 Å². The zero-order chi connectivity index (χ0) is 23.2. The molecule has 6 nitrogen and oxygen atoms in total. The fraction of sp³-hybridized carbons (Fsp3) is 0.619. The van der Waals surface area contributed by atoms with Gasteiger partial charge in [-0.05, 0) is 51.7 Å². The third-order valence-electron chi connectivity index (χ3n) is 6.31. The third kappa shape index (κ3) is 4.67. The van der Waals surface area contributed by atoms with Crippen molar-refractivity contribution < 1.29 is 26.7 Å². The van der Waals surface area contributed by atoms with Crippen molar-refractivity contribution in [3.05, 3.63) is 24.0 Å². The highest BCUT2D eigenvalue weighted by Crippen LogP contribution is 2.45. The van der Waals surface area contributed by atoms with E-state index in [2.05, 4.69) is 14.8 Å². The van der Waals surface area contributed by atoms with Crippen molar-refractivity contribution in [3.63, 3.8) is 0 Å². The van der Waals surface area contributed by atoms with E-state index < -0.39 is 19.3 Å². The van der Waals surface area contributed by atoms with Gasteiger partial charge in [-0.1, -0.05) is 0 Å². The van der Waals surface area contributed by atoms with E-state index in [9.17, 15) is 22.0 Å². The lowest BCUT2D eigenvalue weighted by Gasteiger charge is -2.39. The number of nitrogens with two attached hydrogens (primary N) is 1.